The lowest BCUT2D eigenvalue weighted by Gasteiger charge is -2.22. The summed E-state index contributed by atoms with van der Waals surface area (Å²) >= 11 is 5.82. The van der Waals surface area contributed by atoms with E-state index in [1.54, 1.807) is 24.3 Å². The Morgan fingerprint density at radius 1 is 1.52 bits per heavy atom. The monoisotopic (exact) mass is 315 g/mol. The maximum absolute atomic E-state index is 13.9. The van der Waals surface area contributed by atoms with Crippen molar-refractivity contribution in [2.24, 2.45) is 0 Å². The first-order valence-corrected chi connectivity index (χ1v) is 6.83. The molecule has 1 aliphatic heterocycles. The Hall–Kier alpha value is -1.82. The van der Waals surface area contributed by atoms with Crippen LogP contribution in [0, 0.1) is 0 Å². The lowest BCUT2D eigenvalue weighted by molar-refractivity contribution is -0.150. The van der Waals surface area contributed by atoms with E-state index in [1.807, 2.05) is 0 Å². The zero-order valence-corrected chi connectivity index (χ0v) is 12.1. The SMILES string of the molecule is CC(Oc1cccc(Cl)c1)C(=O)N1CCC(F)(C(=O)O)C1. The van der Waals surface area contributed by atoms with Crippen LogP contribution in [0.4, 0.5) is 4.39 Å². The molecule has 21 heavy (non-hydrogen) atoms. The van der Waals surface area contributed by atoms with Gasteiger partial charge in [0, 0.05) is 18.0 Å². The number of carbonyl (C=O) groups is 2. The number of carboxylic acids is 1. The zero-order valence-electron chi connectivity index (χ0n) is 11.4. The summed E-state index contributed by atoms with van der Waals surface area (Å²) in [5.74, 6) is -1.57. The molecule has 114 valence electrons. The summed E-state index contributed by atoms with van der Waals surface area (Å²) in [7, 11) is 0. The van der Waals surface area contributed by atoms with Gasteiger partial charge in [0.1, 0.15) is 5.75 Å². The molecule has 1 amide bonds. The van der Waals surface area contributed by atoms with Crippen LogP contribution >= 0.6 is 11.6 Å². The van der Waals surface area contributed by atoms with E-state index in [-0.39, 0.29) is 13.0 Å². The minimum absolute atomic E-state index is 0.0604. The lowest BCUT2D eigenvalue weighted by atomic mass is 10.1. The number of likely N-dealkylation sites (tertiary alicyclic amines) is 1. The topological polar surface area (TPSA) is 66.8 Å². The van der Waals surface area contributed by atoms with Crippen molar-refractivity contribution in [1.82, 2.24) is 4.90 Å². The number of carbonyl (C=O) groups excluding carboxylic acids is 1. The van der Waals surface area contributed by atoms with Gasteiger partial charge >= 0.3 is 5.97 Å². The maximum atomic E-state index is 13.9. The molecule has 0 aliphatic carbocycles. The molecule has 7 heteroatoms. The van der Waals surface area contributed by atoms with Crippen LogP contribution in [0.15, 0.2) is 24.3 Å². The lowest BCUT2D eigenvalue weighted by Crippen LogP contribution is -2.43. The van der Waals surface area contributed by atoms with E-state index >= 15 is 0 Å². The number of hydrogen-bond donors (Lipinski definition) is 1. The van der Waals surface area contributed by atoms with E-state index in [0.29, 0.717) is 10.8 Å². The summed E-state index contributed by atoms with van der Waals surface area (Å²) in [5, 5.41) is 9.29. The average molecular weight is 316 g/mol. The van der Waals surface area contributed by atoms with Gasteiger partial charge in [-0.3, -0.25) is 4.79 Å². The van der Waals surface area contributed by atoms with Crippen molar-refractivity contribution in [2.45, 2.75) is 25.1 Å². The normalized spacial score (nSPS) is 22.9. The molecule has 1 aliphatic rings. The molecule has 1 aromatic rings. The molecule has 2 rings (SSSR count). The summed E-state index contributed by atoms with van der Waals surface area (Å²) in [6, 6.07) is 6.57. The molecule has 1 heterocycles. The van der Waals surface area contributed by atoms with Crippen molar-refractivity contribution >= 4 is 23.5 Å². The fourth-order valence-electron chi connectivity index (χ4n) is 2.19. The van der Waals surface area contributed by atoms with Crippen molar-refractivity contribution in [2.75, 3.05) is 13.1 Å². The summed E-state index contributed by atoms with van der Waals surface area (Å²) < 4.78 is 19.4. The van der Waals surface area contributed by atoms with Crippen LogP contribution in [0.25, 0.3) is 0 Å². The van der Waals surface area contributed by atoms with E-state index in [2.05, 4.69) is 0 Å². The van der Waals surface area contributed by atoms with Gasteiger partial charge in [0.15, 0.2) is 6.10 Å². The summed E-state index contributed by atoms with van der Waals surface area (Å²) in [6.45, 7) is 1.14. The number of benzene rings is 1. The van der Waals surface area contributed by atoms with Gasteiger partial charge in [0.05, 0.1) is 6.54 Å². The molecule has 0 radical (unpaired) electrons. The highest BCUT2D eigenvalue weighted by molar-refractivity contribution is 6.30. The molecule has 1 saturated heterocycles. The van der Waals surface area contributed by atoms with Crippen molar-refractivity contribution in [1.29, 1.82) is 0 Å². The third kappa shape index (κ3) is 3.44. The fraction of sp³-hybridized carbons (Fsp3) is 0.429. The molecule has 1 aromatic carbocycles. The van der Waals surface area contributed by atoms with Crippen LogP contribution < -0.4 is 4.74 Å². The highest BCUT2D eigenvalue weighted by Gasteiger charge is 2.47. The maximum Gasteiger partial charge on any atom is 0.343 e. The van der Waals surface area contributed by atoms with Gasteiger partial charge in [0.2, 0.25) is 5.67 Å². The van der Waals surface area contributed by atoms with E-state index < -0.39 is 30.2 Å². The number of ether oxygens (including phenoxy) is 1. The first-order chi connectivity index (χ1) is 9.82. The predicted molar refractivity (Wildman–Crippen MR) is 74.2 cm³/mol. The standard InChI is InChI=1S/C14H15ClFNO4/c1-9(21-11-4-2-3-10(15)7-11)12(18)17-6-5-14(16,8-17)13(19)20/h2-4,7,9H,5-6,8H2,1H3,(H,19,20). The minimum atomic E-state index is -2.37. The van der Waals surface area contributed by atoms with Gasteiger partial charge in [-0.1, -0.05) is 17.7 Å². The number of carboxylic acid groups (broad SMARTS) is 1. The molecule has 0 saturated carbocycles. The number of amides is 1. The Morgan fingerprint density at radius 3 is 2.81 bits per heavy atom. The Balaban J connectivity index is 1.99. The zero-order chi connectivity index (χ0) is 15.6. The van der Waals surface area contributed by atoms with Crippen molar-refractivity contribution in [3.05, 3.63) is 29.3 Å². The number of nitrogens with zero attached hydrogens (tertiary/aromatic N) is 1. The van der Waals surface area contributed by atoms with Gasteiger partial charge in [-0.25, -0.2) is 9.18 Å². The molecule has 0 aromatic heterocycles. The average Bonchev–Trinajstić information content (AvgIpc) is 2.82. The second-order valence-electron chi connectivity index (χ2n) is 5.00. The van der Waals surface area contributed by atoms with Crippen LogP contribution in [0.5, 0.6) is 5.75 Å². The molecule has 0 bridgehead atoms. The largest absolute Gasteiger partial charge is 0.481 e. The highest BCUT2D eigenvalue weighted by Crippen LogP contribution is 2.27. The van der Waals surface area contributed by atoms with Gasteiger partial charge in [-0.05, 0) is 25.1 Å². The molecular weight excluding hydrogens is 301 g/mol. The van der Waals surface area contributed by atoms with Gasteiger partial charge in [0.25, 0.3) is 5.91 Å². The summed E-state index contributed by atoms with van der Waals surface area (Å²) in [5.41, 5.74) is -2.37. The molecule has 5 nitrogen and oxygen atoms in total. The van der Waals surface area contributed by atoms with Crippen LogP contribution in [0.1, 0.15) is 13.3 Å². The molecule has 1 fully saturated rings. The Bertz CT molecular complexity index is 568. The van der Waals surface area contributed by atoms with Crippen molar-refractivity contribution in [3.8, 4) is 5.75 Å². The third-order valence-corrected chi connectivity index (χ3v) is 3.61. The molecule has 2 atom stereocenters. The van der Waals surface area contributed by atoms with Crippen molar-refractivity contribution in [3.63, 3.8) is 0 Å². The van der Waals surface area contributed by atoms with E-state index in [1.165, 1.54) is 11.8 Å². The number of halogens is 2. The molecule has 0 spiro atoms. The smallest absolute Gasteiger partial charge is 0.343 e. The quantitative estimate of drug-likeness (QED) is 0.924. The molecule has 2 unspecified atom stereocenters. The van der Waals surface area contributed by atoms with Crippen LogP contribution in [0.3, 0.4) is 0 Å². The Labute approximate surface area is 126 Å². The number of hydrogen-bond acceptors (Lipinski definition) is 3. The number of aliphatic carboxylic acids is 1. The minimum Gasteiger partial charge on any atom is -0.481 e. The highest BCUT2D eigenvalue weighted by atomic mass is 35.5. The number of rotatable bonds is 4. The third-order valence-electron chi connectivity index (χ3n) is 3.37. The van der Waals surface area contributed by atoms with Gasteiger partial charge in [-0.15, -0.1) is 0 Å². The van der Waals surface area contributed by atoms with Gasteiger partial charge < -0.3 is 14.7 Å². The summed E-state index contributed by atoms with van der Waals surface area (Å²) in [6.07, 6.45) is -1.06. The van der Waals surface area contributed by atoms with E-state index in [4.69, 9.17) is 21.4 Å². The predicted octanol–water partition coefficient (Wildman–Crippen LogP) is 2.13. The fourth-order valence-corrected chi connectivity index (χ4v) is 2.37. The Kier molecular flexibility index (Phi) is 4.37. The first kappa shape index (κ1) is 15.6. The summed E-state index contributed by atoms with van der Waals surface area (Å²) in [4.78, 5) is 24.2. The molecular formula is C14H15ClFNO4. The van der Waals surface area contributed by atoms with Gasteiger partial charge in [-0.2, -0.15) is 0 Å². The Morgan fingerprint density at radius 2 is 2.24 bits per heavy atom. The van der Waals surface area contributed by atoms with E-state index in [9.17, 15) is 14.0 Å². The second-order valence-corrected chi connectivity index (χ2v) is 5.43. The van der Waals surface area contributed by atoms with E-state index in [0.717, 1.165) is 0 Å². The second kappa shape index (κ2) is 5.89. The van der Waals surface area contributed by atoms with Crippen LogP contribution in [0.2, 0.25) is 5.02 Å². The van der Waals surface area contributed by atoms with Crippen LogP contribution in [-0.2, 0) is 9.59 Å². The number of alkyl halides is 1. The van der Waals surface area contributed by atoms with Crippen LogP contribution in [-0.4, -0.2) is 46.7 Å². The first-order valence-electron chi connectivity index (χ1n) is 6.45. The molecule has 1 N–H and O–H groups in total. The van der Waals surface area contributed by atoms with Crippen molar-refractivity contribution < 1.29 is 23.8 Å².